The molecule has 108 valence electrons. The Hall–Kier alpha value is -0.840. The molecule has 0 aliphatic heterocycles. The van der Waals surface area contributed by atoms with Crippen molar-refractivity contribution in [3.05, 3.63) is 45.9 Å². The summed E-state index contributed by atoms with van der Waals surface area (Å²) in [7, 11) is 0. The van der Waals surface area contributed by atoms with Gasteiger partial charge in [0.2, 0.25) is 0 Å². The molecule has 0 fully saturated rings. The van der Waals surface area contributed by atoms with Crippen LogP contribution in [0.3, 0.4) is 0 Å². The fraction of sp³-hybridized carbons (Fsp3) is 0.438. The standard InChI is InChI=1S/C16H22N2S2/c1-11(17)12-5-7-13(8-6-12)19-10-15-18-14(9-20-15)16(2,3)4/h5-9,11H,10,17H2,1-4H3. The van der Waals surface area contributed by atoms with Gasteiger partial charge in [0, 0.05) is 21.7 Å². The van der Waals surface area contributed by atoms with Crippen molar-refractivity contribution in [3.63, 3.8) is 0 Å². The van der Waals surface area contributed by atoms with E-state index in [2.05, 4.69) is 50.4 Å². The maximum absolute atomic E-state index is 5.86. The molecule has 1 aromatic heterocycles. The van der Waals surface area contributed by atoms with Crippen molar-refractivity contribution in [2.24, 2.45) is 5.73 Å². The molecule has 2 aromatic rings. The van der Waals surface area contributed by atoms with Crippen molar-refractivity contribution >= 4 is 23.1 Å². The average Bonchev–Trinajstić information content (AvgIpc) is 2.85. The predicted octanol–water partition coefficient (Wildman–Crippen LogP) is 4.75. The van der Waals surface area contributed by atoms with E-state index in [1.54, 1.807) is 11.3 Å². The lowest BCUT2D eigenvalue weighted by atomic mass is 9.93. The molecule has 1 aromatic carbocycles. The number of hydrogen-bond acceptors (Lipinski definition) is 4. The van der Waals surface area contributed by atoms with Crippen LogP contribution in [0.2, 0.25) is 0 Å². The van der Waals surface area contributed by atoms with Crippen molar-refractivity contribution in [2.45, 2.75) is 49.8 Å². The number of aromatic nitrogens is 1. The Morgan fingerprint density at radius 1 is 1.25 bits per heavy atom. The Morgan fingerprint density at radius 2 is 1.90 bits per heavy atom. The van der Waals surface area contributed by atoms with Crippen LogP contribution < -0.4 is 5.73 Å². The minimum atomic E-state index is 0.0994. The van der Waals surface area contributed by atoms with Gasteiger partial charge >= 0.3 is 0 Å². The topological polar surface area (TPSA) is 38.9 Å². The van der Waals surface area contributed by atoms with E-state index >= 15 is 0 Å². The van der Waals surface area contributed by atoms with Crippen LogP contribution in [-0.4, -0.2) is 4.98 Å². The summed E-state index contributed by atoms with van der Waals surface area (Å²) in [5, 5.41) is 3.37. The summed E-state index contributed by atoms with van der Waals surface area (Å²) in [6.45, 7) is 8.61. The van der Waals surface area contributed by atoms with Crippen LogP contribution in [0.5, 0.6) is 0 Å². The van der Waals surface area contributed by atoms with Gasteiger partial charge in [0.25, 0.3) is 0 Å². The zero-order chi connectivity index (χ0) is 14.8. The van der Waals surface area contributed by atoms with Crippen LogP contribution in [0.4, 0.5) is 0 Å². The molecule has 0 spiro atoms. The largest absolute Gasteiger partial charge is 0.324 e. The SMILES string of the molecule is CC(N)c1ccc(SCc2nc(C(C)(C)C)cs2)cc1. The molecule has 20 heavy (non-hydrogen) atoms. The van der Waals surface area contributed by atoms with E-state index in [-0.39, 0.29) is 11.5 Å². The van der Waals surface area contributed by atoms with Crippen LogP contribution >= 0.6 is 23.1 Å². The number of benzene rings is 1. The van der Waals surface area contributed by atoms with Gasteiger partial charge in [-0.25, -0.2) is 4.98 Å². The average molecular weight is 306 g/mol. The highest BCUT2D eigenvalue weighted by Gasteiger charge is 2.17. The van der Waals surface area contributed by atoms with Gasteiger partial charge in [0.1, 0.15) is 5.01 Å². The lowest BCUT2D eigenvalue weighted by molar-refractivity contribution is 0.572. The smallest absolute Gasteiger partial charge is 0.103 e. The third-order valence-corrected chi connectivity index (χ3v) is 5.14. The van der Waals surface area contributed by atoms with Crippen molar-refractivity contribution in [1.82, 2.24) is 4.98 Å². The van der Waals surface area contributed by atoms with Crippen LogP contribution in [0.25, 0.3) is 0 Å². The fourth-order valence-corrected chi connectivity index (χ4v) is 3.67. The highest BCUT2D eigenvalue weighted by atomic mass is 32.2. The van der Waals surface area contributed by atoms with Gasteiger partial charge in [-0.2, -0.15) is 0 Å². The van der Waals surface area contributed by atoms with E-state index in [1.807, 2.05) is 18.7 Å². The van der Waals surface area contributed by atoms with Gasteiger partial charge in [-0.05, 0) is 24.6 Å². The molecule has 0 bridgehead atoms. The van der Waals surface area contributed by atoms with Gasteiger partial charge < -0.3 is 5.73 Å². The molecule has 4 heteroatoms. The van der Waals surface area contributed by atoms with Crippen molar-refractivity contribution in [3.8, 4) is 0 Å². The predicted molar refractivity (Wildman–Crippen MR) is 89.4 cm³/mol. The van der Waals surface area contributed by atoms with Crippen LogP contribution in [0, 0.1) is 0 Å². The van der Waals surface area contributed by atoms with Crippen LogP contribution in [0.15, 0.2) is 34.5 Å². The second-order valence-corrected chi connectivity index (χ2v) is 8.01. The molecule has 2 nitrogen and oxygen atoms in total. The maximum Gasteiger partial charge on any atom is 0.103 e. The van der Waals surface area contributed by atoms with Crippen LogP contribution in [0.1, 0.15) is 50.0 Å². The normalized spacial score (nSPS) is 13.4. The number of hydrogen-bond donors (Lipinski definition) is 1. The zero-order valence-corrected chi connectivity index (χ0v) is 14.1. The molecule has 0 aliphatic carbocycles. The summed E-state index contributed by atoms with van der Waals surface area (Å²) in [4.78, 5) is 5.99. The maximum atomic E-state index is 5.86. The Labute approximate surface area is 129 Å². The molecule has 0 amide bonds. The highest BCUT2D eigenvalue weighted by molar-refractivity contribution is 7.98. The molecule has 2 rings (SSSR count). The minimum absolute atomic E-state index is 0.0994. The summed E-state index contributed by atoms with van der Waals surface area (Å²) >= 11 is 3.58. The molecule has 0 saturated carbocycles. The Kier molecular flexibility index (Phi) is 4.89. The molecular weight excluding hydrogens is 284 g/mol. The Balaban J connectivity index is 1.96. The number of nitrogens with zero attached hydrogens (tertiary/aromatic N) is 1. The summed E-state index contributed by atoms with van der Waals surface area (Å²) in [6.07, 6.45) is 0. The zero-order valence-electron chi connectivity index (χ0n) is 12.5. The monoisotopic (exact) mass is 306 g/mol. The minimum Gasteiger partial charge on any atom is -0.324 e. The first kappa shape index (κ1) is 15.5. The second-order valence-electron chi connectivity index (χ2n) is 6.02. The van der Waals surface area contributed by atoms with E-state index in [4.69, 9.17) is 10.7 Å². The van der Waals surface area contributed by atoms with Crippen molar-refractivity contribution < 1.29 is 0 Å². The quantitative estimate of drug-likeness (QED) is 0.828. The Morgan fingerprint density at radius 3 is 2.40 bits per heavy atom. The fourth-order valence-electron chi connectivity index (χ4n) is 1.73. The first-order chi connectivity index (χ1) is 9.36. The van der Waals surface area contributed by atoms with Crippen molar-refractivity contribution in [2.75, 3.05) is 0 Å². The summed E-state index contributed by atoms with van der Waals surface area (Å²) in [5.74, 6) is 0.929. The summed E-state index contributed by atoms with van der Waals surface area (Å²) in [5.41, 5.74) is 8.36. The van der Waals surface area contributed by atoms with E-state index in [1.165, 1.54) is 21.2 Å². The molecule has 1 unspecified atom stereocenters. The number of rotatable bonds is 4. The van der Waals surface area contributed by atoms with Gasteiger partial charge in [-0.1, -0.05) is 32.9 Å². The van der Waals surface area contributed by atoms with E-state index in [0.29, 0.717) is 0 Å². The summed E-state index contributed by atoms with van der Waals surface area (Å²) < 4.78 is 0. The van der Waals surface area contributed by atoms with Gasteiger partial charge in [-0.3, -0.25) is 0 Å². The third kappa shape index (κ3) is 4.08. The highest BCUT2D eigenvalue weighted by Crippen LogP contribution is 2.29. The van der Waals surface area contributed by atoms with E-state index < -0.39 is 0 Å². The molecule has 0 aliphatic rings. The first-order valence-corrected chi connectivity index (χ1v) is 8.66. The lowest BCUT2D eigenvalue weighted by Gasteiger charge is -2.14. The first-order valence-electron chi connectivity index (χ1n) is 6.79. The molecule has 0 radical (unpaired) electrons. The Bertz CT molecular complexity index is 551. The van der Waals surface area contributed by atoms with Crippen molar-refractivity contribution in [1.29, 1.82) is 0 Å². The van der Waals surface area contributed by atoms with E-state index in [9.17, 15) is 0 Å². The number of nitrogens with two attached hydrogens (primary N) is 1. The van der Waals surface area contributed by atoms with Gasteiger partial charge in [0.05, 0.1) is 11.4 Å². The molecule has 1 atom stereocenters. The molecular formula is C16H22N2S2. The summed E-state index contributed by atoms with van der Waals surface area (Å²) in [6, 6.07) is 8.59. The molecule has 2 N–H and O–H groups in total. The van der Waals surface area contributed by atoms with Gasteiger partial charge in [-0.15, -0.1) is 23.1 Å². The number of thioether (sulfide) groups is 1. The second kappa shape index (κ2) is 6.29. The lowest BCUT2D eigenvalue weighted by Crippen LogP contribution is -2.11. The molecule has 1 heterocycles. The van der Waals surface area contributed by atoms with Gasteiger partial charge in [0.15, 0.2) is 0 Å². The third-order valence-electron chi connectivity index (χ3n) is 3.09. The molecule has 0 saturated heterocycles. The number of thiazole rings is 1. The van der Waals surface area contributed by atoms with Crippen LogP contribution in [-0.2, 0) is 11.2 Å². The van der Waals surface area contributed by atoms with E-state index in [0.717, 1.165) is 5.75 Å².